The summed E-state index contributed by atoms with van der Waals surface area (Å²) in [7, 11) is 0. The van der Waals surface area contributed by atoms with Crippen LogP contribution in [0.4, 0.5) is 0 Å². The predicted molar refractivity (Wildman–Crippen MR) is 67.5 cm³/mol. The lowest BCUT2D eigenvalue weighted by atomic mass is 9.75. The Morgan fingerprint density at radius 2 is 1.94 bits per heavy atom. The first-order valence-corrected chi connectivity index (χ1v) is 6.65. The topological polar surface area (TPSA) is 46.5 Å². The average Bonchev–Trinajstić information content (AvgIpc) is 2.15. The minimum Gasteiger partial charge on any atom is -0.460 e. The van der Waals surface area contributed by atoms with Crippen LogP contribution < -0.4 is 0 Å². The molecule has 3 heteroatoms. The summed E-state index contributed by atoms with van der Waals surface area (Å²) in [5.41, 5.74) is -1.39. The van der Waals surface area contributed by atoms with Crippen LogP contribution in [0.25, 0.3) is 0 Å². The molecule has 3 unspecified atom stereocenters. The summed E-state index contributed by atoms with van der Waals surface area (Å²) in [6.07, 6.45) is 3.21. The summed E-state index contributed by atoms with van der Waals surface area (Å²) in [5.74, 6) is 1.05. The quantitative estimate of drug-likeness (QED) is 0.774. The van der Waals surface area contributed by atoms with Gasteiger partial charge in [0.1, 0.15) is 6.10 Å². The van der Waals surface area contributed by atoms with Crippen molar-refractivity contribution in [3.8, 4) is 0 Å². The molecule has 1 N–H and O–H groups in total. The van der Waals surface area contributed by atoms with Crippen molar-refractivity contribution in [2.45, 2.75) is 65.6 Å². The standard InChI is InChI=1S/C14H26O3/c1-9(2)11-7-6-10(3)8-12(11)17-13(15)14(4,5)16/h9-12,16H,6-8H2,1-5H3. The molecule has 3 atom stereocenters. The Labute approximate surface area is 105 Å². The predicted octanol–water partition coefficient (Wildman–Crippen LogP) is 2.76. The van der Waals surface area contributed by atoms with Crippen molar-refractivity contribution in [3.05, 3.63) is 0 Å². The number of carbonyl (C=O) groups is 1. The third-order valence-electron chi connectivity index (χ3n) is 3.72. The number of aliphatic hydroxyl groups is 1. The van der Waals surface area contributed by atoms with Gasteiger partial charge in [-0.05, 0) is 44.4 Å². The summed E-state index contributed by atoms with van der Waals surface area (Å²) >= 11 is 0. The molecule has 0 aromatic carbocycles. The molecular weight excluding hydrogens is 216 g/mol. The van der Waals surface area contributed by atoms with E-state index in [1.807, 2.05) is 0 Å². The summed E-state index contributed by atoms with van der Waals surface area (Å²) < 4.78 is 5.51. The Kier molecular flexibility index (Phi) is 4.59. The van der Waals surface area contributed by atoms with Crippen LogP contribution in [-0.2, 0) is 9.53 Å². The third-order valence-corrected chi connectivity index (χ3v) is 3.72. The van der Waals surface area contributed by atoms with Crippen LogP contribution in [0, 0.1) is 17.8 Å². The second kappa shape index (κ2) is 5.38. The monoisotopic (exact) mass is 242 g/mol. The van der Waals surface area contributed by atoms with Crippen LogP contribution in [0.15, 0.2) is 0 Å². The van der Waals surface area contributed by atoms with E-state index in [1.54, 1.807) is 0 Å². The lowest BCUT2D eigenvalue weighted by molar-refractivity contribution is -0.174. The molecule has 1 saturated carbocycles. The molecule has 0 aliphatic heterocycles. The first-order chi connectivity index (χ1) is 7.71. The first kappa shape index (κ1) is 14.5. The molecule has 1 aliphatic rings. The van der Waals surface area contributed by atoms with Gasteiger partial charge in [0.05, 0.1) is 0 Å². The van der Waals surface area contributed by atoms with Crippen molar-refractivity contribution in [2.75, 3.05) is 0 Å². The fourth-order valence-corrected chi connectivity index (χ4v) is 2.53. The number of esters is 1. The van der Waals surface area contributed by atoms with Crippen LogP contribution in [0.5, 0.6) is 0 Å². The Morgan fingerprint density at radius 3 is 2.41 bits per heavy atom. The zero-order chi connectivity index (χ0) is 13.2. The van der Waals surface area contributed by atoms with Crippen molar-refractivity contribution >= 4 is 5.97 Å². The molecule has 0 amide bonds. The van der Waals surface area contributed by atoms with E-state index >= 15 is 0 Å². The molecule has 100 valence electrons. The summed E-state index contributed by atoms with van der Waals surface area (Å²) in [4.78, 5) is 11.7. The van der Waals surface area contributed by atoms with Crippen LogP contribution in [0.1, 0.15) is 53.9 Å². The van der Waals surface area contributed by atoms with Crippen LogP contribution in [-0.4, -0.2) is 22.8 Å². The van der Waals surface area contributed by atoms with Crippen LogP contribution in [0.3, 0.4) is 0 Å². The van der Waals surface area contributed by atoms with Gasteiger partial charge in [0.25, 0.3) is 0 Å². The molecule has 1 rings (SSSR count). The largest absolute Gasteiger partial charge is 0.460 e. The highest BCUT2D eigenvalue weighted by atomic mass is 16.6. The fraction of sp³-hybridized carbons (Fsp3) is 0.929. The van der Waals surface area contributed by atoms with Crippen molar-refractivity contribution in [3.63, 3.8) is 0 Å². The van der Waals surface area contributed by atoms with Gasteiger partial charge >= 0.3 is 5.97 Å². The van der Waals surface area contributed by atoms with E-state index in [9.17, 15) is 9.90 Å². The van der Waals surface area contributed by atoms with E-state index in [-0.39, 0.29) is 6.10 Å². The van der Waals surface area contributed by atoms with Crippen molar-refractivity contribution < 1.29 is 14.6 Å². The van der Waals surface area contributed by atoms with Gasteiger partial charge < -0.3 is 9.84 Å². The second-order valence-electron chi connectivity index (χ2n) is 6.33. The molecular formula is C14H26O3. The van der Waals surface area contributed by atoms with Crippen LogP contribution >= 0.6 is 0 Å². The summed E-state index contributed by atoms with van der Waals surface area (Å²) in [6.45, 7) is 9.50. The van der Waals surface area contributed by atoms with E-state index < -0.39 is 11.6 Å². The van der Waals surface area contributed by atoms with E-state index in [4.69, 9.17) is 4.74 Å². The molecule has 3 nitrogen and oxygen atoms in total. The average molecular weight is 242 g/mol. The highest BCUT2D eigenvalue weighted by Crippen LogP contribution is 2.35. The molecule has 1 fully saturated rings. The van der Waals surface area contributed by atoms with Gasteiger partial charge in [-0.1, -0.05) is 27.2 Å². The van der Waals surface area contributed by atoms with E-state index in [1.165, 1.54) is 20.3 Å². The van der Waals surface area contributed by atoms with Gasteiger partial charge in [-0.3, -0.25) is 0 Å². The number of carbonyl (C=O) groups excluding carboxylic acids is 1. The Hall–Kier alpha value is -0.570. The van der Waals surface area contributed by atoms with Crippen molar-refractivity contribution in [1.29, 1.82) is 0 Å². The highest BCUT2D eigenvalue weighted by Gasteiger charge is 2.36. The maximum absolute atomic E-state index is 11.7. The Balaban J connectivity index is 2.67. The van der Waals surface area contributed by atoms with E-state index in [0.29, 0.717) is 17.8 Å². The molecule has 1 aliphatic carbocycles. The molecule has 0 heterocycles. The van der Waals surface area contributed by atoms with Gasteiger partial charge in [-0.2, -0.15) is 0 Å². The summed E-state index contributed by atoms with van der Waals surface area (Å²) in [5, 5.41) is 9.63. The first-order valence-electron chi connectivity index (χ1n) is 6.65. The number of ether oxygens (including phenoxy) is 1. The minimum atomic E-state index is -1.39. The Morgan fingerprint density at radius 1 is 1.35 bits per heavy atom. The third kappa shape index (κ3) is 3.98. The molecule has 0 bridgehead atoms. The molecule has 0 spiro atoms. The molecule has 0 aromatic rings. The fourth-order valence-electron chi connectivity index (χ4n) is 2.53. The van der Waals surface area contributed by atoms with Crippen LogP contribution in [0.2, 0.25) is 0 Å². The SMILES string of the molecule is CC1CCC(C(C)C)C(OC(=O)C(C)(C)O)C1. The van der Waals surface area contributed by atoms with Gasteiger partial charge in [0, 0.05) is 0 Å². The Bertz CT molecular complexity index is 265. The van der Waals surface area contributed by atoms with Gasteiger partial charge in [-0.25, -0.2) is 4.79 Å². The molecule has 17 heavy (non-hydrogen) atoms. The zero-order valence-electron chi connectivity index (χ0n) is 11.7. The second-order valence-corrected chi connectivity index (χ2v) is 6.33. The maximum atomic E-state index is 11.7. The lowest BCUT2D eigenvalue weighted by Gasteiger charge is -2.37. The normalized spacial score (nSPS) is 30.4. The maximum Gasteiger partial charge on any atom is 0.337 e. The smallest absolute Gasteiger partial charge is 0.337 e. The molecule has 0 aromatic heterocycles. The zero-order valence-corrected chi connectivity index (χ0v) is 11.7. The molecule has 0 saturated heterocycles. The minimum absolute atomic E-state index is 0.0299. The van der Waals surface area contributed by atoms with E-state index in [0.717, 1.165) is 12.8 Å². The lowest BCUT2D eigenvalue weighted by Crippen LogP contribution is -2.41. The van der Waals surface area contributed by atoms with Crippen molar-refractivity contribution in [1.82, 2.24) is 0 Å². The van der Waals surface area contributed by atoms with Gasteiger partial charge in [0.2, 0.25) is 0 Å². The van der Waals surface area contributed by atoms with E-state index in [2.05, 4.69) is 20.8 Å². The number of hydrogen-bond donors (Lipinski definition) is 1. The summed E-state index contributed by atoms with van der Waals surface area (Å²) in [6, 6.07) is 0. The molecule has 0 radical (unpaired) electrons. The number of rotatable bonds is 3. The van der Waals surface area contributed by atoms with Gasteiger partial charge in [0.15, 0.2) is 5.60 Å². The number of hydrogen-bond acceptors (Lipinski definition) is 3. The highest BCUT2D eigenvalue weighted by molar-refractivity contribution is 5.78. The van der Waals surface area contributed by atoms with Crippen molar-refractivity contribution in [2.24, 2.45) is 17.8 Å². The van der Waals surface area contributed by atoms with Gasteiger partial charge in [-0.15, -0.1) is 0 Å².